The lowest BCUT2D eigenvalue weighted by molar-refractivity contribution is 0.156. The van der Waals surface area contributed by atoms with Crippen LogP contribution in [0, 0.1) is 0 Å². The highest BCUT2D eigenvalue weighted by atomic mass is 31.1. The van der Waals surface area contributed by atoms with Gasteiger partial charge in [-0.25, -0.2) is 0 Å². The first-order valence-corrected chi connectivity index (χ1v) is 6.99. The van der Waals surface area contributed by atoms with Gasteiger partial charge in [0.1, 0.15) is 0 Å². The summed E-state index contributed by atoms with van der Waals surface area (Å²) in [6, 6.07) is 0.315. The summed E-state index contributed by atoms with van der Waals surface area (Å²) < 4.78 is 4.43. The van der Waals surface area contributed by atoms with Gasteiger partial charge in [0, 0.05) is 20.4 Å². The molecule has 1 fully saturated rings. The van der Waals surface area contributed by atoms with Crippen LogP contribution in [0.3, 0.4) is 0 Å². The molecule has 0 spiro atoms. The Bertz CT molecular complexity index is 176. The summed E-state index contributed by atoms with van der Waals surface area (Å²) in [6.07, 6.45) is 2.98. The Morgan fingerprint density at radius 3 is 2.33 bits per heavy atom. The molecule has 0 aromatic rings. The summed E-state index contributed by atoms with van der Waals surface area (Å²) in [5.74, 6) is 0. The van der Waals surface area contributed by atoms with Crippen molar-refractivity contribution >= 4 is 8.22 Å². The molecule has 0 saturated carbocycles. The van der Waals surface area contributed by atoms with E-state index in [-0.39, 0.29) is 14.3 Å². The molecule has 4 nitrogen and oxygen atoms in total. The zero-order valence-electron chi connectivity index (χ0n) is 10.3. The fraction of sp³-hybridized carbons (Fsp3) is 1.00. The van der Waals surface area contributed by atoms with Crippen LogP contribution in [-0.2, 0) is 0 Å². The second-order valence-corrected chi connectivity index (χ2v) is 7.23. The Labute approximate surface area is 94.5 Å². The number of nitrogens with one attached hydrogen (secondary N) is 1. The van der Waals surface area contributed by atoms with E-state index in [0.29, 0.717) is 6.04 Å². The van der Waals surface area contributed by atoms with Crippen LogP contribution in [0.15, 0.2) is 0 Å². The van der Waals surface area contributed by atoms with Crippen molar-refractivity contribution < 1.29 is 5.11 Å². The van der Waals surface area contributed by atoms with Gasteiger partial charge < -0.3 is 10.4 Å². The summed E-state index contributed by atoms with van der Waals surface area (Å²) in [6.45, 7) is 1.06. The Hall–Kier alpha value is 0.270. The second-order valence-electron chi connectivity index (χ2n) is 4.52. The molecular weight excluding hydrogens is 209 g/mol. The smallest absolute Gasteiger partial charge is 0.0756 e. The number of nitrogens with zero attached hydrogens (tertiary/aromatic N) is 2. The normalized spacial score (nSPS) is 24.4. The van der Waals surface area contributed by atoms with E-state index in [9.17, 15) is 5.11 Å². The third kappa shape index (κ3) is 3.97. The first-order chi connectivity index (χ1) is 7.02. The van der Waals surface area contributed by atoms with E-state index in [0.717, 1.165) is 19.1 Å². The summed E-state index contributed by atoms with van der Waals surface area (Å²) in [5, 5.41) is 13.5. The van der Waals surface area contributed by atoms with Crippen LogP contribution in [0.25, 0.3) is 0 Å². The van der Waals surface area contributed by atoms with Gasteiger partial charge in [0.2, 0.25) is 0 Å². The van der Waals surface area contributed by atoms with Crippen LogP contribution in [0.1, 0.15) is 12.8 Å². The molecule has 2 atom stereocenters. The first kappa shape index (κ1) is 13.3. The highest BCUT2D eigenvalue weighted by Gasteiger charge is 2.27. The number of hydrogen-bond donors (Lipinski definition) is 2. The Morgan fingerprint density at radius 2 is 1.93 bits per heavy atom. The van der Waals surface area contributed by atoms with Crippen molar-refractivity contribution in [3.8, 4) is 0 Å². The monoisotopic (exact) mass is 233 g/mol. The largest absolute Gasteiger partial charge is 0.391 e. The molecular formula is C10H24N3OP. The van der Waals surface area contributed by atoms with E-state index in [2.05, 4.69) is 42.8 Å². The van der Waals surface area contributed by atoms with Gasteiger partial charge >= 0.3 is 0 Å². The molecule has 1 aliphatic heterocycles. The van der Waals surface area contributed by atoms with Gasteiger partial charge in [0.05, 0.1) is 6.10 Å². The predicted octanol–water partition coefficient (Wildman–Crippen LogP) is 0.534. The topological polar surface area (TPSA) is 38.7 Å². The number of hydrogen-bond acceptors (Lipinski definition) is 4. The zero-order valence-corrected chi connectivity index (χ0v) is 11.2. The van der Waals surface area contributed by atoms with E-state index in [1.54, 1.807) is 0 Å². The minimum absolute atomic E-state index is 0.205. The molecule has 0 bridgehead atoms. The molecule has 0 aromatic heterocycles. The van der Waals surface area contributed by atoms with E-state index in [1.165, 1.54) is 6.42 Å². The van der Waals surface area contributed by atoms with E-state index >= 15 is 0 Å². The van der Waals surface area contributed by atoms with Crippen molar-refractivity contribution in [1.29, 1.82) is 0 Å². The fourth-order valence-electron chi connectivity index (χ4n) is 2.02. The van der Waals surface area contributed by atoms with E-state index in [4.69, 9.17) is 0 Å². The van der Waals surface area contributed by atoms with Gasteiger partial charge in [0.15, 0.2) is 0 Å². The van der Waals surface area contributed by atoms with Crippen molar-refractivity contribution in [1.82, 2.24) is 14.7 Å². The molecule has 0 aromatic carbocycles. The Morgan fingerprint density at radius 1 is 1.33 bits per heavy atom. The lowest BCUT2D eigenvalue weighted by atomic mass is 10.1. The molecule has 0 radical (unpaired) electrons. The zero-order chi connectivity index (χ0) is 11.4. The highest BCUT2D eigenvalue weighted by Crippen LogP contribution is 2.40. The molecule has 1 aliphatic rings. The molecule has 1 saturated heterocycles. The third-order valence-electron chi connectivity index (χ3n) is 2.84. The van der Waals surface area contributed by atoms with E-state index in [1.807, 2.05) is 0 Å². The molecule has 1 rings (SSSR count). The van der Waals surface area contributed by atoms with Gasteiger partial charge in [-0.15, -0.1) is 0 Å². The lowest BCUT2D eigenvalue weighted by Gasteiger charge is -2.33. The Balaban J connectivity index is 2.42. The van der Waals surface area contributed by atoms with Crippen LogP contribution in [0.5, 0.6) is 0 Å². The number of aliphatic hydroxyl groups is 1. The SMILES string of the molecule is CN(C)P(CC(O)C1CCCN1)N(C)C. The summed E-state index contributed by atoms with van der Waals surface area (Å²) >= 11 is 0. The standard InChI is InChI=1S/C10H24N3OP/c1-12(2)15(13(3)4)8-10(14)9-6-5-7-11-9/h9-11,14H,5-8H2,1-4H3. The van der Waals surface area contributed by atoms with Gasteiger partial charge in [0.25, 0.3) is 0 Å². The van der Waals surface area contributed by atoms with E-state index < -0.39 is 0 Å². The maximum Gasteiger partial charge on any atom is 0.0756 e. The molecule has 0 aliphatic carbocycles. The van der Waals surface area contributed by atoms with Crippen molar-refractivity contribution in [2.45, 2.75) is 25.0 Å². The number of rotatable bonds is 5. The molecule has 5 heteroatoms. The predicted molar refractivity (Wildman–Crippen MR) is 66.2 cm³/mol. The minimum Gasteiger partial charge on any atom is -0.391 e. The average molecular weight is 233 g/mol. The quantitative estimate of drug-likeness (QED) is 0.680. The average Bonchev–Trinajstić information content (AvgIpc) is 2.65. The first-order valence-electron chi connectivity index (χ1n) is 5.56. The molecule has 90 valence electrons. The highest BCUT2D eigenvalue weighted by molar-refractivity contribution is 7.52. The van der Waals surface area contributed by atoms with Crippen molar-refractivity contribution in [2.24, 2.45) is 0 Å². The summed E-state index contributed by atoms with van der Waals surface area (Å²) in [4.78, 5) is 0. The lowest BCUT2D eigenvalue weighted by Crippen LogP contribution is -2.38. The van der Waals surface area contributed by atoms with Crippen LogP contribution in [-0.4, -0.2) is 67.5 Å². The molecule has 0 amide bonds. The van der Waals surface area contributed by atoms with Crippen LogP contribution >= 0.6 is 8.22 Å². The second kappa shape index (κ2) is 6.12. The van der Waals surface area contributed by atoms with Crippen LogP contribution < -0.4 is 5.32 Å². The van der Waals surface area contributed by atoms with Crippen molar-refractivity contribution in [3.63, 3.8) is 0 Å². The van der Waals surface area contributed by atoms with Gasteiger partial charge in [-0.05, 0) is 47.6 Å². The Kier molecular flexibility index (Phi) is 5.44. The van der Waals surface area contributed by atoms with Gasteiger partial charge in [-0.2, -0.15) is 0 Å². The summed E-state index contributed by atoms with van der Waals surface area (Å²) in [5.41, 5.74) is 0. The molecule has 2 unspecified atom stereocenters. The van der Waals surface area contributed by atoms with Crippen molar-refractivity contribution in [2.75, 3.05) is 40.9 Å². The summed E-state index contributed by atoms with van der Waals surface area (Å²) in [7, 11) is 7.98. The van der Waals surface area contributed by atoms with Crippen molar-refractivity contribution in [3.05, 3.63) is 0 Å². The maximum atomic E-state index is 10.1. The maximum absolute atomic E-state index is 10.1. The number of aliphatic hydroxyl groups excluding tert-OH is 1. The third-order valence-corrected chi connectivity index (χ3v) is 5.38. The van der Waals surface area contributed by atoms with Crippen LogP contribution in [0.2, 0.25) is 0 Å². The fourth-order valence-corrected chi connectivity index (χ4v) is 3.98. The molecule has 15 heavy (non-hydrogen) atoms. The van der Waals surface area contributed by atoms with Gasteiger partial charge in [-0.1, -0.05) is 0 Å². The van der Waals surface area contributed by atoms with Crippen LogP contribution in [0.4, 0.5) is 0 Å². The van der Waals surface area contributed by atoms with Gasteiger partial charge in [-0.3, -0.25) is 9.34 Å². The molecule has 1 heterocycles. The minimum atomic E-state index is -0.358. The molecule has 2 N–H and O–H groups in total.